The molecule has 0 saturated carbocycles. The van der Waals surface area contributed by atoms with Crippen LogP contribution < -0.4 is 11.1 Å². The minimum atomic E-state index is -0.257. The molecule has 1 amide bonds. The molecule has 0 aromatic rings. The number of amides is 1. The fourth-order valence-electron chi connectivity index (χ4n) is 2.32. The van der Waals surface area contributed by atoms with E-state index in [1.54, 1.807) is 7.05 Å². The Kier molecular flexibility index (Phi) is 7.30. The molecule has 1 rings (SSSR count). The summed E-state index contributed by atoms with van der Waals surface area (Å²) in [5.74, 6) is -0.257. The summed E-state index contributed by atoms with van der Waals surface area (Å²) in [6.45, 7) is 7.61. The van der Waals surface area contributed by atoms with Gasteiger partial charge in [0, 0.05) is 45.8 Å². The summed E-state index contributed by atoms with van der Waals surface area (Å²) in [4.78, 5) is 18.3. The number of likely N-dealkylation sites (N-methyl/N-ethyl adjacent to an activating group) is 2. The molecule has 0 spiro atoms. The number of primary amides is 1. The van der Waals surface area contributed by atoms with Gasteiger partial charge >= 0.3 is 0 Å². The topological polar surface area (TPSA) is 64.8 Å². The summed E-state index contributed by atoms with van der Waals surface area (Å²) in [6.07, 6.45) is 0.795. The SMILES string of the molecule is CNC(CCN1CCN(CCN(C)C)CC1)C(N)=O. The van der Waals surface area contributed by atoms with Gasteiger partial charge in [-0.3, -0.25) is 9.69 Å². The lowest BCUT2D eigenvalue weighted by atomic mass is 10.2. The van der Waals surface area contributed by atoms with Gasteiger partial charge < -0.3 is 20.9 Å². The molecular weight excluding hydrogens is 242 g/mol. The van der Waals surface area contributed by atoms with E-state index in [9.17, 15) is 4.79 Å². The average Bonchev–Trinajstić information content (AvgIpc) is 2.38. The highest BCUT2D eigenvalue weighted by Crippen LogP contribution is 2.03. The number of rotatable bonds is 8. The van der Waals surface area contributed by atoms with Crippen molar-refractivity contribution in [2.24, 2.45) is 5.73 Å². The Morgan fingerprint density at radius 3 is 2.16 bits per heavy atom. The van der Waals surface area contributed by atoms with E-state index in [4.69, 9.17) is 5.73 Å². The Balaban J connectivity index is 2.17. The van der Waals surface area contributed by atoms with Gasteiger partial charge in [0.1, 0.15) is 0 Å². The largest absolute Gasteiger partial charge is 0.368 e. The smallest absolute Gasteiger partial charge is 0.234 e. The van der Waals surface area contributed by atoms with Gasteiger partial charge in [-0.15, -0.1) is 0 Å². The Morgan fingerprint density at radius 2 is 1.74 bits per heavy atom. The molecule has 1 saturated heterocycles. The Labute approximate surface area is 116 Å². The molecule has 6 nitrogen and oxygen atoms in total. The molecule has 3 N–H and O–H groups in total. The zero-order valence-corrected chi connectivity index (χ0v) is 12.6. The van der Waals surface area contributed by atoms with Gasteiger partial charge in [-0.05, 0) is 27.6 Å². The zero-order chi connectivity index (χ0) is 14.3. The van der Waals surface area contributed by atoms with Crippen molar-refractivity contribution in [1.29, 1.82) is 0 Å². The van der Waals surface area contributed by atoms with Crippen molar-refractivity contribution in [3.8, 4) is 0 Å². The maximum atomic E-state index is 11.1. The number of carbonyl (C=O) groups excluding carboxylic acids is 1. The van der Waals surface area contributed by atoms with Crippen LogP contribution in [0.25, 0.3) is 0 Å². The molecule has 0 aliphatic carbocycles. The van der Waals surface area contributed by atoms with Crippen LogP contribution >= 0.6 is 0 Å². The maximum Gasteiger partial charge on any atom is 0.234 e. The van der Waals surface area contributed by atoms with Crippen molar-refractivity contribution in [3.05, 3.63) is 0 Å². The van der Waals surface area contributed by atoms with Crippen LogP contribution in [0.15, 0.2) is 0 Å². The lowest BCUT2D eigenvalue weighted by Gasteiger charge is -2.35. The number of carbonyl (C=O) groups is 1. The molecule has 19 heavy (non-hydrogen) atoms. The van der Waals surface area contributed by atoms with Crippen molar-refractivity contribution < 1.29 is 4.79 Å². The molecule has 1 heterocycles. The highest BCUT2D eigenvalue weighted by atomic mass is 16.1. The van der Waals surface area contributed by atoms with Gasteiger partial charge in [0.05, 0.1) is 6.04 Å². The molecule has 0 bridgehead atoms. The Hall–Kier alpha value is -0.690. The molecule has 112 valence electrons. The summed E-state index contributed by atoms with van der Waals surface area (Å²) < 4.78 is 0. The van der Waals surface area contributed by atoms with Crippen LogP contribution in [0.2, 0.25) is 0 Å². The minimum absolute atomic E-state index is 0.202. The molecule has 1 aliphatic heterocycles. The average molecular weight is 271 g/mol. The quantitative estimate of drug-likeness (QED) is 0.570. The van der Waals surface area contributed by atoms with E-state index in [-0.39, 0.29) is 11.9 Å². The molecule has 0 aromatic heterocycles. The first-order chi connectivity index (χ1) is 9.02. The van der Waals surface area contributed by atoms with Crippen LogP contribution in [-0.4, -0.2) is 93.6 Å². The number of nitrogens with two attached hydrogens (primary N) is 1. The number of hydrogen-bond donors (Lipinski definition) is 2. The fourth-order valence-corrected chi connectivity index (χ4v) is 2.32. The molecule has 1 aliphatic rings. The van der Waals surface area contributed by atoms with Crippen molar-refractivity contribution in [2.75, 3.05) is 67.0 Å². The molecule has 1 fully saturated rings. The van der Waals surface area contributed by atoms with E-state index in [0.717, 1.165) is 52.2 Å². The van der Waals surface area contributed by atoms with Gasteiger partial charge in [0.25, 0.3) is 0 Å². The van der Waals surface area contributed by atoms with Crippen LogP contribution in [0.5, 0.6) is 0 Å². The molecule has 1 unspecified atom stereocenters. The van der Waals surface area contributed by atoms with Crippen molar-refractivity contribution in [1.82, 2.24) is 20.0 Å². The highest BCUT2D eigenvalue weighted by Gasteiger charge is 2.19. The summed E-state index contributed by atoms with van der Waals surface area (Å²) in [7, 11) is 6.00. The molecule has 0 aromatic carbocycles. The summed E-state index contributed by atoms with van der Waals surface area (Å²) in [6, 6.07) is -0.202. The second kappa shape index (κ2) is 8.47. The second-order valence-corrected chi connectivity index (χ2v) is 5.52. The monoisotopic (exact) mass is 271 g/mol. The van der Waals surface area contributed by atoms with Gasteiger partial charge in [0.15, 0.2) is 0 Å². The third-order valence-corrected chi connectivity index (χ3v) is 3.75. The first-order valence-corrected chi connectivity index (χ1v) is 7.09. The molecule has 0 radical (unpaired) electrons. The predicted octanol–water partition coefficient (Wildman–Crippen LogP) is -1.37. The lowest BCUT2D eigenvalue weighted by Crippen LogP contribution is -2.49. The summed E-state index contributed by atoms with van der Waals surface area (Å²) >= 11 is 0. The highest BCUT2D eigenvalue weighted by molar-refractivity contribution is 5.79. The zero-order valence-electron chi connectivity index (χ0n) is 12.6. The van der Waals surface area contributed by atoms with Crippen molar-refractivity contribution >= 4 is 5.91 Å². The molecule has 6 heteroatoms. The first-order valence-electron chi connectivity index (χ1n) is 7.09. The maximum absolute atomic E-state index is 11.1. The van der Waals surface area contributed by atoms with Crippen LogP contribution in [0.1, 0.15) is 6.42 Å². The van der Waals surface area contributed by atoms with Gasteiger partial charge in [0.2, 0.25) is 5.91 Å². The Morgan fingerprint density at radius 1 is 1.21 bits per heavy atom. The van der Waals surface area contributed by atoms with Crippen LogP contribution in [0, 0.1) is 0 Å². The van der Waals surface area contributed by atoms with Crippen molar-refractivity contribution in [3.63, 3.8) is 0 Å². The van der Waals surface area contributed by atoms with Gasteiger partial charge in [-0.1, -0.05) is 0 Å². The van der Waals surface area contributed by atoms with E-state index in [1.165, 1.54) is 0 Å². The van der Waals surface area contributed by atoms with E-state index in [1.807, 2.05) is 0 Å². The van der Waals surface area contributed by atoms with Gasteiger partial charge in [-0.2, -0.15) is 0 Å². The lowest BCUT2D eigenvalue weighted by molar-refractivity contribution is -0.120. The normalized spacial score (nSPS) is 19.8. The number of hydrogen-bond acceptors (Lipinski definition) is 5. The number of nitrogens with one attached hydrogen (secondary N) is 1. The standard InChI is InChI=1S/C13H29N5O/c1-15-12(13(14)19)4-5-17-8-10-18(11-9-17)7-6-16(2)3/h12,15H,4-11H2,1-3H3,(H2,14,19). The molecular formula is C13H29N5O. The van der Waals surface area contributed by atoms with Gasteiger partial charge in [-0.25, -0.2) is 0 Å². The van der Waals surface area contributed by atoms with Crippen LogP contribution in [0.3, 0.4) is 0 Å². The Bertz CT molecular complexity index is 264. The van der Waals surface area contributed by atoms with E-state index >= 15 is 0 Å². The van der Waals surface area contributed by atoms with E-state index in [0.29, 0.717) is 0 Å². The minimum Gasteiger partial charge on any atom is -0.368 e. The number of nitrogens with zero attached hydrogens (tertiary/aromatic N) is 3. The fraction of sp³-hybridized carbons (Fsp3) is 0.923. The predicted molar refractivity (Wildman–Crippen MR) is 78.1 cm³/mol. The molecule has 1 atom stereocenters. The summed E-state index contributed by atoms with van der Waals surface area (Å²) in [5.41, 5.74) is 5.32. The van der Waals surface area contributed by atoms with Crippen LogP contribution in [0.4, 0.5) is 0 Å². The third kappa shape index (κ3) is 6.33. The van der Waals surface area contributed by atoms with Crippen LogP contribution in [-0.2, 0) is 4.79 Å². The third-order valence-electron chi connectivity index (χ3n) is 3.75. The summed E-state index contributed by atoms with van der Waals surface area (Å²) in [5, 5.41) is 2.97. The van der Waals surface area contributed by atoms with Crippen molar-refractivity contribution in [2.45, 2.75) is 12.5 Å². The van der Waals surface area contributed by atoms with E-state index < -0.39 is 0 Å². The van der Waals surface area contributed by atoms with E-state index in [2.05, 4.69) is 34.1 Å². The second-order valence-electron chi connectivity index (χ2n) is 5.52. The number of piperazine rings is 1. The first kappa shape index (κ1) is 16.4.